The first-order valence-corrected chi connectivity index (χ1v) is 17.9. The van der Waals surface area contributed by atoms with Gasteiger partial charge in [0.05, 0.1) is 0 Å². The van der Waals surface area contributed by atoms with Crippen LogP contribution in [0.25, 0.3) is 111 Å². The van der Waals surface area contributed by atoms with Gasteiger partial charge in [0, 0.05) is 44.0 Å². The minimum absolute atomic E-state index is 0.568. The molecule has 11 rings (SSSR count). The minimum Gasteiger partial charge on any atom is -0.455 e. The molecule has 6 heteroatoms. The van der Waals surface area contributed by atoms with Crippen LogP contribution in [-0.4, -0.2) is 19.9 Å². The molecule has 3 heterocycles. The molecule has 252 valence electrons. The summed E-state index contributed by atoms with van der Waals surface area (Å²) in [7, 11) is 0. The van der Waals surface area contributed by atoms with Crippen LogP contribution in [0.1, 0.15) is 0 Å². The summed E-state index contributed by atoms with van der Waals surface area (Å²) in [6.45, 7) is 0. The van der Waals surface area contributed by atoms with Gasteiger partial charge in [0.25, 0.3) is 0 Å². The fourth-order valence-corrected chi connectivity index (χ4v) is 7.66. The van der Waals surface area contributed by atoms with Gasteiger partial charge < -0.3 is 8.83 Å². The van der Waals surface area contributed by atoms with Gasteiger partial charge in [-0.2, -0.15) is 0 Å². The van der Waals surface area contributed by atoms with Crippen LogP contribution in [-0.2, 0) is 0 Å². The molecule has 0 radical (unpaired) electrons. The number of benzene rings is 8. The van der Waals surface area contributed by atoms with Gasteiger partial charge in [-0.3, -0.25) is 0 Å². The number of nitrogens with zero attached hydrogens (tertiary/aromatic N) is 4. The van der Waals surface area contributed by atoms with Crippen LogP contribution in [0.3, 0.4) is 0 Å². The second-order valence-corrected chi connectivity index (χ2v) is 13.4. The molecule has 11 aromatic rings. The van der Waals surface area contributed by atoms with Gasteiger partial charge in [-0.1, -0.05) is 133 Å². The van der Waals surface area contributed by atoms with E-state index < -0.39 is 0 Å². The molecule has 6 nitrogen and oxygen atoms in total. The summed E-state index contributed by atoms with van der Waals surface area (Å²) < 4.78 is 13.4. The Kier molecular flexibility index (Phi) is 6.75. The molecule has 0 unspecified atom stereocenters. The fraction of sp³-hybridized carbons (Fsp3) is 0. The molecule has 0 atom stereocenters. The molecule has 54 heavy (non-hydrogen) atoms. The van der Waals surface area contributed by atoms with Crippen molar-refractivity contribution in [2.75, 3.05) is 0 Å². The predicted octanol–water partition coefficient (Wildman–Crippen LogP) is 12.6. The Balaban J connectivity index is 1.18. The van der Waals surface area contributed by atoms with Crippen molar-refractivity contribution in [1.29, 1.82) is 0 Å². The van der Waals surface area contributed by atoms with E-state index in [1.54, 1.807) is 0 Å². The number of para-hydroxylation sites is 1. The van der Waals surface area contributed by atoms with Gasteiger partial charge in [-0.25, -0.2) is 19.9 Å². The molecule has 0 spiro atoms. The van der Waals surface area contributed by atoms with E-state index in [2.05, 4.69) is 72.8 Å². The Labute approximate surface area is 309 Å². The third kappa shape index (κ3) is 4.81. The van der Waals surface area contributed by atoms with Crippen LogP contribution >= 0.6 is 0 Å². The molecule has 8 aromatic carbocycles. The summed E-state index contributed by atoms with van der Waals surface area (Å²) in [5.41, 5.74) is 8.63. The molecule has 0 fully saturated rings. The van der Waals surface area contributed by atoms with Gasteiger partial charge >= 0.3 is 0 Å². The van der Waals surface area contributed by atoms with E-state index in [0.29, 0.717) is 23.4 Å². The maximum atomic E-state index is 6.81. The van der Waals surface area contributed by atoms with Crippen molar-refractivity contribution < 1.29 is 8.83 Å². The third-order valence-electron chi connectivity index (χ3n) is 10.2. The van der Waals surface area contributed by atoms with Crippen LogP contribution in [0.5, 0.6) is 0 Å². The minimum atomic E-state index is 0.568. The number of aromatic nitrogens is 4. The quantitative estimate of drug-likeness (QED) is 0.179. The summed E-state index contributed by atoms with van der Waals surface area (Å²) in [6, 6.07) is 57.5. The van der Waals surface area contributed by atoms with Gasteiger partial charge in [-0.05, 0) is 58.1 Å². The van der Waals surface area contributed by atoms with Crippen molar-refractivity contribution in [3.05, 3.63) is 170 Å². The van der Waals surface area contributed by atoms with Crippen molar-refractivity contribution >= 4 is 54.6 Å². The molecule has 0 aliphatic rings. The smallest absolute Gasteiger partial charge is 0.227 e. The lowest BCUT2D eigenvalue weighted by Gasteiger charge is -2.12. The zero-order valence-corrected chi connectivity index (χ0v) is 28.8. The van der Waals surface area contributed by atoms with E-state index in [4.69, 9.17) is 28.8 Å². The number of hydrogen-bond acceptors (Lipinski definition) is 6. The van der Waals surface area contributed by atoms with Crippen molar-refractivity contribution in [1.82, 2.24) is 19.9 Å². The summed E-state index contributed by atoms with van der Waals surface area (Å²) in [4.78, 5) is 20.3. The van der Waals surface area contributed by atoms with Crippen LogP contribution in [0.2, 0.25) is 0 Å². The number of hydrogen-bond donors (Lipinski definition) is 0. The van der Waals surface area contributed by atoms with E-state index >= 15 is 0 Å². The average molecular weight is 693 g/mol. The van der Waals surface area contributed by atoms with Crippen LogP contribution < -0.4 is 0 Å². The van der Waals surface area contributed by atoms with Crippen molar-refractivity contribution in [2.45, 2.75) is 0 Å². The maximum Gasteiger partial charge on any atom is 0.227 e. The zero-order chi connectivity index (χ0) is 35.6. The molecule has 0 aliphatic heterocycles. The Hall–Kier alpha value is -7.44. The third-order valence-corrected chi connectivity index (χ3v) is 10.2. The van der Waals surface area contributed by atoms with E-state index in [1.165, 1.54) is 0 Å². The van der Waals surface area contributed by atoms with Crippen LogP contribution in [0.15, 0.2) is 179 Å². The highest BCUT2D eigenvalue weighted by Gasteiger charge is 2.23. The summed E-state index contributed by atoms with van der Waals surface area (Å²) in [5, 5.41) is 6.14. The molecule has 0 aliphatic carbocycles. The lowest BCUT2D eigenvalue weighted by atomic mass is 9.94. The van der Waals surface area contributed by atoms with Gasteiger partial charge in [0.2, 0.25) is 5.89 Å². The second kappa shape index (κ2) is 12.1. The van der Waals surface area contributed by atoms with E-state index in [1.807, 2.05) is 97.1 Å². The first-order chi connectivity index (χ1) is 26.8. The van der Waals surface area contributed by atoms with E-state index in [9.17, 15) is 0 Å². The zero-order valence-electron chi connectivity index (χ0n) is 28.8. The molecule has 0 saturated heterocycles. The van der Waals surface area contributed by atoms with E-state index in [0.717, 1.165) is 88.0 Å². The summed E-state index contributed by atoms with van der Waals surface area (Å²) in [6.07, 6.45) is 0. The SMILES string of the molecule is c1ccc(-c2nc(-c3cccc4ccccc34)nc(-c3ccc(-c4cccc5ccc6nc(-c7ccccc7)oc6c45)c4oc5ccccc5c34)n2)cc1. The standard InChI is InChI=1S/C48H28N4O2/c1-3-14-31(15-4-1)45-50-46(36-23-11-18-29-13-7-8-20-33(29)36)52-47(51-45)38-27-26-35(43-42(38)37-21-9-10-24-40(37)53-43)34-22-12-19-30-25-28-39-44(41(30)34)54-48(49-39)32-16-5-2-6-17-32/h1-28H. The van der Waals surface area contributed by atoms with Crippen molar-refractivity contribution in [3.63, 3.8) is 0 Å². The number of fused-ring (bicyclic) bond motifs is 7. The lowest BCUT2D eigenvalue weighted by molar-refractivity contribution is 0.623. The Morgan fingerprint density at radius 3 is 1.80 bits per heavy atom. The molecule has 0 saturated carbocycles. The fourth-order valence-electron chi connectivity index (χ4n) is 7.66. The monoisotopic (exact) mass is 692 g/mol. The normalized spacial score (nSPS) is 11.7. The molecule has 3 aromatic heterocycles. The highest BCUT2D eigenvalue weighted by molar-refractivity contribution is 6.19. The number of furan rings is 1. The van der Waals surface area contributed by atoms with Gasteiger partial charge in [0.1, 0.15) is 16.7 Å². The highest BCUT2D eigenvalue weighted by atomic mass is 16.3. The van der Waals surface area contributed by atoms with Gasteiger partial charge in [0.15, 0.2) is 23.1 Å². The Morgan fingerprint density at radius 1 is 0.333 bits per heavy atom. The highest BCUT2D eigenvalue weighted by Crippen LogP contribution is 2.45. The second-order valence-electron chi connectivity index (χ2n) is 13.4. The molecular formula is C48H28N4O2. The Bertz CT molecular complexity index is 3220. The molecule has 0 amide bonds. The molecular weight excluding hydrogens is 665 g/mol. The largest absolute Gasteiger partial charge is 0.455 e. The Morgan fingerprint density at radius 2 is 0.963 bits per heavy atom. The predicted molar refractivity (Wildman–Crippen MR) is 217 cm³/mol. The molecule has 0 bridgehead atoms. The maximum absolute atomic E-state index is 6.81. The summed E-state index contributed by atoms with van der Waals surface area (Å²) in [5.74, 6) is 2.36. The van der Waals surface area contributed by atoms with Crippen molar-refractivity contribution in [2.24, 2.45) is 0 Å². The van der Waals surface area contributed by atoms with Crippen molar-refractivity contribution in [3.8, 4) is 56.7 Å². The first-order valence-electron chi connectivity index (χ1n) is 17.9. The first kappa shape index (κ1) is 30.2. The summed E-state index contributed by atoms with van der Waals surface area (Å²) >= 11 is 0. The van der Waals surface area contributed by atoms with Gasteiger partial charge in [-0.15, -0.1) is 0 Å². The lowest BCUT2D eigenvalue weighted by Crippen LogP contribution is -2.01. The number of rotatable bonds is 5. The van der Waals surface area contributed by atoms with E-state index in [-0.39, 0.29) is 0 Å². The van der Waals surface area contributed by atoms with Crippen LogP contribution in [0.4, 0.5) is 0 Å². The molecule has 0 N–H and O–H groups in total. The average Bonchev–Trinajstić information content (AvgIpc) is 3.86. The van der Waals surface area contributed by atoms with Crippen LogP contribution in [0, 0.1) is 0 Å². The number of oxazole rings is 1. The topological polar surface area (TPSA) is 77.8 Å².